The molecule has 35 heavy (non-hydrogen) atoms. The van der Waals surface area contributed by atoms with Gasteiger partial charge in [0.05, 0.1) is 30.8 Å². The highest BCUT2D eigenvalue weighted by Gasteiger charge is 2.22. The van der Waals surface area contributed by atoms with Crippen LogP contribution in [0.15, 0.2) is 36.7 Å². The third kappa shape index (κ3) is 4.35. The summed E-state index contributed by atoms with van der Waals surface area (Å²) in [6.07, 6.45) is 5.36. The van der Waals surface area contributed by atoms with Crippen molar-refractivity contribution in [3.8, 4) is 23.1 Å². The quantitative estimate of drug-likeness (QED) is 0.455. The van der Waals surface area contributed by atoms with E-state index in [2.05, 4.69) is 26.3 Å². The molecule has 1 saturated heterocycles. The fourth-order valence-electron chi connectivity index (χ4n) is 4.50. The number of nitrogens with zero attached hydrogens (tertiary/aromatic N) is 7. The van der Waals surface area contributed by atoms with E-state index in [1.54, 1.807) is 7.11 Å². The van der Waals surface area contributed by atoms with Crippen molar-refractivity contribution in [2.75, 3.05) is 30.4 Å². The average Bonchev–Trinajstić information content (AvgIpc) is 3.22. The van der Waals surface area contributed by atoms with Crippen molar-refractivity contribution >= 4 is 28.4 Å². The van der Waals surface area contributed by atoms with E-state index in [4.69, 9.17) is 14.7 Å². The van der Waals surface area contributed by atoms with E-state index >= 15 is 0 Å². The summed E-state index contributed by atoms with van der Waals surface area (Å²) in [4.78, 5) is 20.8. The number of hydrogen-bond donors (Lipinski definition) is 1. The summed E-state index contributed by atoms with van der Waals surface area (Å²) in [6, 6.07) is 10.4. The van der Waals surface area contributed by atoms with Gasteiger partial charge in [0.2, 0.25) is 5.95 Å². The predicted octanol–water partition coefficient (Wildman–Crippen LogP) is 4.53. The first-order valence-corrected chi connectivity index (χ1v) is 11.7. The van der Waals surface area contributed by atoms with E-state index in [0.717, 1.165) is 71.1 Å². The van der Waals surface area contributed by atoms with Gasteiger partial charge in [0.15, 0.2) is 5.82 Å². The van der Waals surface area contributed by atoms with Gasteiger partial charge in [-0.25, -0.2) is 19.9 Å². The Morgan fingerprint density at radius 1 is 1.09 bits per heavy atom. The number of rotatable bonds is 5. The predicted molar refractivity (Wildman–Crippen MR) is 136 cm³/mol. The van der Waals surface area contributed by atoms with Crippen molar-refractivity contribution in [1.82, 2.24) is 24.5 Å². The van der Waals surface area contributed by atoms with E-state index in [-0.39, 0.29) is 5.92 Å². The number of pyridine rings is 1. The third-order valence-electron chi connectivity index (χ3n) is 6.62. The second-order valence-corrected chi connectivity index (χ2v) is 8.90. The standard InChI is InChI=1S/C26H28N8O/c1-16-11-20-14-29-26(32-24(20)25(30-16)34-9-7-18(13-27)8-10-34)31-21-6-5-19(12-23(21)35-4)22-15-28-17(2)33(22)3/h5-6,11-12,14-15,18H,7-10H2,1-4H3,(H,29,31,32). The van der Waals surface area contributed by atoms with E-state index in [9.17, 15) is 5.26 Å². The fourth-order valence-corrected chi connectivity index (χ4v) is 4.50. The number of anilines is 3. The first-order valence-electron chi connectivity index (χ1n) is 11.7. The zero-order chi connectivity index (χ0) is 24.5. The highest BCUT2D eigenvalue weighted by molar-refractivity contribution is 5.89. The van der Waals surface area contributed by atoms with Gasteiger partial charge >= 0.3 is 0 Å². The topological polar surface area (TPSA) is 105 Å². The number of fused-ring (bicyclic) bond motifs is 1. The minimum atomic E-state index is 0.111. The minimum absolute atomic E-state index is 0.111. The minimum Gasteiger partial charge on any atom is -0.495 e. The van der Waals surface area contributed by atoms with Gasteiger partial charge in [-0.1, -0.05) is 6.07 Å². The third-order valence-corrected chi connectivity index (χ3v) is 6.62. The molecule has 4 aromatic rings. The summed E-state index contributed by atoms with van der Waals surface area (Å²) in [5, 5.41) is 13.5. The summed E-state index contributed by atoms with van der Waals surface area (Å²) in [5.74, 6) is 3.06. The van der Waals surface area contributed by atoms with E-state index in [1.165, 1.54) is 0 Å². The van der Waals surface area contributed by atoms with Crippen LogP contribution in [-0.4, -0.2) is 44.7 Å². The summed E-state index contributed by atoms with van der Waals surface area (Å²) < 4.78 is 7.72. The van der Waals surface area contributed by atoms with Gasteiger partial charge < -0.3 is 19.5 Å². The molecule has 9 heteroatoms. The molecule has 0 saturated carbocycles. The lowest BCUT2D eigenvalue weighted by molar-refractivity contribution is 0.417. The first kappa shape index (κ1) is 22.6. The van der Waals surface area contributed by atoms with Gasteiger partial charge in [0.25, 0.3) is 0 Å². The Morgan fingerprint density at radius 3 is 2.57 bits per heavy atom. The van der Waals surface area contributed by atoms with E-state index in [0.29, 0.717) is 11.7 Å². The van der Waals surface area contributed by atoms with Crippen LogP contribution in [0.25, 0.3) is 22.2 Å². The lowest BCUT2D eigenvalue weighted by atomic mass is 9.98. The maximum Gasteiger partial charge on any atom is 0.227 e. The lowest BCUT2D eigenvalue weighted by Crippen LogP contribution is -2.34. The Hall–Kier alpha value is -4.19. The molecule has 5 rings (SSSR count). The number of benzene rings is 1. The molecule has 1 N–H and O–H groups in total. The molecule has 9 nitrogen and oxygen atoms in total. The molecule has 1 aromatic carbocycles. The molecule has 1 aliphatic rings. The Labute approximate surface area is 204 Å². The van der Waals surface area contributed by atoms with Crippen LogP contribution < -0.4 is 15.0 Å². The summed E-state index contributed by atoms with van der Waals surface area (Å²) in [5.41, 5.74) is 4.51. The van der Waals surface area contributed by atoms with E-state index in [1.807, 2.05) is 62.1 Å². The Kier molecular flexibility index (Phi) is 5.95. The van der Waals surface area contributed by atoms with Crippen molar-refractivity contribution in [3.05, 3.63) is 48.2 Å². The van der Waals surface area contributed by atoms with Crippen LogP contribution in [0.3, 0.4) is 0 Å². The molecule has 0 bridgehead atoms. The highest BCUT2D eigenvalue weighted by atomic mass is 16.5. The molecule has 0 spiro atoms. The second-order valence-electron chi connectivity index (χ2n) is 8.90. The molecular weight excluding hydrogens is 440 g/mol. The monoisotopic (exact) mass is 468 g/mol. The molecule has 178 valence electrons. The molecule has 0 amide bonds. The first-order chi connectivity index (χ1) is 17.0. The molecule has 0 unspecified atom stereocenters. The van der Waals surface area contributed by atoms with Crippen molar-refractivity contribution in [2.24, 2.45) is 13.0 Å². The van der Waals surface area contributed by atoms with Crippen LogP contribution in [0.5, 0.6) is 5.75 Å². The molecular formula is C26H28N8O. The Balaban J connectivity index is 1.47. The van der Waals surface area contributed by atoms with Gasteiger partial charge in [-0.05, 0) is 44.9 Å². The highest BCUT2D eigenvalue weighted by Crippen LogP contribution is 2.33. The second kappa shape index (κ2) is 9.22. The molecule has 0 aliphatic carbocycles. The SMILES string of the molecule is COc1cc(-c2cnc(C)n2C)ccc1Nc1ncc2cc(C)nc(N3CCC(C#N)CC3)c2n1. The van der Waals surface area contributed by atoms with Crippen LogP contribution in [-0.2, 0) is 7.05 Å². The number of ether oxygens (including phenoxy) is 1. The summed E-state index contributed by atoms with van der Waals surface area (Å²) >= 11 is 0. The number of nitrogens with one attached hydrogen (secondary N) is 1. The molecule has 3 aromatic heterocycles. The zero-order valence-corrected chi connectivity index (χ0v) is 20.4. The van der Waals surface area contributed by atoms with Crippen molar-refractivity contribution in [2.45, 2.75) is 26.7 Å². The van der Waals surface area contributed by atoms with E-state index < -0.39 is 0 Å². The maximum atomic E-state index is 9.25. The summed E-state index contributed by atoms with van der Waals surface area (Å²) in [7, 11) is 3.64. The van der Waals surface area contributed by atoms with Gasteiger partial charge in [0.1, 0.15) is 17.1 Å². The van der Waals surface area contributed by atoms with Gasteiger partial charge in [0, 0.05) is 48.9 Å². The van der Waals surface area contributed by atoms with Gasteiger partial charge in [-0.2, -0.15) is 5.26 Å². The number of imidazole rings is 1. The summed E-state index contributed by atoms with van der Waals surface area (Å²) in [6.45, 7) is 5.54. The lowest BCUT2D eigenvalue weighted by Gasteiger charge is -2.30. The Bertz CT molecular complexity index is 1430. The maximum absolute atomic E-state index is 9.25. The molecule has 1 aliphatic heterocycles. The van der Waals surface area contributed by atoms with Crippen molar-refractivity contribution < 1.29 is 4.74 Å². The number of nitriles is 1. The van der Waals surface area contributed by atoms with Gasteiger partial charge in [-0.15, -0.1) is 0 Å². The number of aromatic nitrogens is 5. The Morgan fingerprint density at radius 2 is 1.89 bits per heavy atom. The molecule has 1 fully saturated rings. The molecule has 0 radical (unpaired) electrons. The number of aryl methyl sites for hydroxylation is 2. The largest absolute Gasteiger partial charge is 0.495 e. The number of hydrogen-bond acceptors (Lipinski definition) is 8. The van der Waals surface area contributed by atoms with Crippen LogP contribution in [0.1, 0.15) is 24.4 Å². The fraction of sp³-hybridized carbons (Fsp3) is 0.346. The van der Waals surface area contributed by atoms with Crippen LogP contribution in [0.4, 0.5) is 17.5 Å². The zero-order valence-electron chi connectivity index (χ0n) is 20.4. The van der Waals surface area contributed by atoms with Crippen molar-refractivity contribution in [1.29, 1.82) is 5.26 Å². The van der Waals surface area contributed by atoms with Crippen LogP contribution in [0, 0.1) is 31.1 Å². The van der Waals surface area contributed by atoms with Gasteiger partial charge in [-0.3, -0.25) is 0 Å². The van der Waals surface area contributed by atoms with Crippen LogP contribution in [0.2, 0.25) is 0 Å². The molecule has 4 heterocycles. The number of methoxy groups -OCH3 is 1. The normalized spacial score (nSPS) is 14.2. The number of piperidine rings is 1. The van der Waals surface area contributed by atoms with Crippen LogP contribution >= 0.6 is 0 Å². The smallest absolute Gasteiger partial charge is 0.227 e. The van der Waals surface area contributed by atoms with Crippen molar-refractivity contribution in [3.63, 3.8) is 0 Å². The molecule has 0 atom stereocenters. The average molecular weight is 469 g/mol.